The molecule has 1 aromatic rings. The lowest BCUT2D eigenvalue weighted by atomic mass is 10.1. The zero-order valence-corrected chi connectivity index (χ0v) is 7.81. The van der Waals surface area contributed by atoms with E-state index in [1.807, 2.05) is 20.8 Å². The zero-order chi connectivity index (χ0) is 8.43. The monoisotopic (exact) mass is 172 g/mol. The maximum Gasteiger partial charge on any atom is 0.185 e. The molecule has 0 saturated heterocycles. The molecule has 4 heteroatoms. The Morgan fingerprint density at radius 3 is 2.45 bits per heavy atom. The van der Waals surface area contributed by atoms with Crippen molar-refractivity contribution in [3.05, 3.63) is 11.4 Å². The van der Waals surface area contributed by atoms with Crippen molar-refractivity contribution < 1.29 is 4.55 Å². The summed E-state index contributed by atoms with van der Waals surface area (Å²) in [4.78, 5) is 0. The lowest BCUT2D eigenvalue weighted by Gasteiger charge is -1.96. The Kier molecular flexibility index (Phi) is 2.57. The fourth-order valence-corrected chi connectivity index (χ4v) is 1.92. The molecular formula is C7H12N2OS. The molecule has 62 valence electrons. The summed E-state index contributed by atoms with van der Waals surface area (Å²) in [5.41, 5.74) is 1.81. The van der Waals surface area contributed by atoms with Crippen LogP contribution in [0.3, 0.4) is 0 Å². The van der Waals surface area contributed by atoms with Gasteiger partial charge in [0.05, 0.1) is 0 Å². The molecule has 1 heterocycles. The molecule has 0 N–H and O–H groups in total. The molecule has 1 rings (SSSR count). The normalized spacial score (nSPS) is 12.6. The third-order valence-corrected chi connectivity index (χ3v) is 2.27. The van der Waals surface area contributed by atoms with Gasteiger partial charge >= 0.3 is 0 Å². The Balaban J connectivity index is 3.02. The van der Waals surface area contributed by atoms with Crippen LogP contribution in [0, 0.1) is 0 Å². The molecule has 0 radical (unpaired) electrons. The maximum atomic E-state index is 10.9. The Morgan fingerprint density at radius 1 is 1.45 bits per heavy atom. The summed E-state index contributed by atoms with van der Waals surface area (Å²) >= 11 is -1.33. The SMILES string of the molecule is CCc1n[s+]([O-])nc1C(C)C. The van der Waals surface area contributed by atoms with E-state index in [1.54, 1.807) is 0 Å². The van der Waals surface area contributed by atoms with E-state index in [9.17, 15) is 4.55 Å². The second-order valence-corrected chi connectivity index (χ2v) is 3.58. The Hall–Kier alpha value is -0.480. The highest BCUT2D eigenvalue weighted by Gasteiger charge is 2.15. The van der Waals surface area contributed by atoms with Crippen molar-refractivity contribution in [1.29, 1.82) is 0 Å². The Bertz CT molecular complexity index is 245. The highest BCUT2D eigenvalue weighted by molar-refractivity contribution is 7.13. The first-order chi connectivity index (χ1) is 5.15. The van der Waals surface area contributed by atoms with E-state index in [2.05, 4.69) is 8.75 Å². The van der Waals surface area contributed by atoms with E-state index in [-0.39, 0.29) is 0 Å². The smallest absolute Gasteiger partial charge is 0.185 e. The van der Waals surface area contributed by atoms with Crippen LogP contribution in [0.5, 0.6) is 0 Å². The molecule has 0 aliphatic rings. The Labute approximate surface area is 69.6 Å². The van der Waals surface area contributed by atoms with Gasteiger partial charge < -0.3 is 4.55 Å². The highest BCUT2D eigenvalue weighted by Crippen LogP contribution is 2.20. The molecule has 1 aromatic heterocycles. The predicted molar refractivity (Wildman–Crippen MR) is 44.2 cm³/mol. The van der Waals surface area contributed by atoms with Crippen LogP contribution < -0.4 is 0 Å². The van der Waals surface area contributed by atoms with Crippen LogP contribution in [-0.2, 0) is 6.42 Å². The summed E-state index contributed by atoms with van der Waals surface area (Å²) in [5.74, 6) is 0.333. The van der Waals surface area contributed by atoms with Gasteiger partial charge in [-0.1, -0.05) is 20.8 Å². The minimum absolute atomic E-state index is 0.333. The average molecular weight is 172 g/mol. The van der Waals surface area contributed by atoms with Gasteiger partial charge in [-0.3, -0.25) is 0 Å². The molecule has 0 aliphatic carbocycles. The number of hydrogen-bond donors (Lipinski definition) is 0. The fraction of sp³-hybridized carbons (Fsp3) is 0.714. The van der Waals surface area contributed by atoms with Crippen molar-refractivity contribution in [2.75, 3.05) is 0 Å². The standard InChI is InChI=1S/C7H12N2OS/c1-4-6-7(5(2)3)9-11(10)8-6/h5H,4H2,1-3H3. The molecule has 0 aromatic carbocycles. The molecular weight excluding hydrogens is 160 g/mol. The number of nitrogens with zero attached hydrogens (tertiary/aromatic N) is 2. The molecule has 0 bridgehead atoms. The predicted octanol–water partition coefficient (Wildman–Crippen LogP) is 1.89. The van der Waals surface area contributed by atoms with Crippen molar-refractivity contribution in [2.45, 2.75) is 33.1 Å². The largest absolute Gasteiger partial charge is 0.546 e. The maximum absolute atomic E-state index is 10.9. The second kappa shape index (κ2) is 3.28. The van der Waals surface area contributed by atoms with E-state index in [0.717, 1.165) is 17.8 Å². The van der Waals surface area contributed by atoms with Crippen LogP contribution in [0.25, 0.3) is 0 Å². The van der Waals surface area contributed by atoms with E-state index < -0.39 is 11.1 Å². The van der Waals surface area contributed by atoms with Crippen LogP contribution in [0.1, 0.15) is 38.1 Å². The summed E-state index contributed by atoms with van der Waals surface area (Å²) in [6.07, 6.45) is 0.822. The van der Waals surface area contributed by atoms with Crippen molar-refractivity contribution in [1.82, 2.24) is 8.75 Å². The average Bonchev–Trinajstić information content (AvgIpc) is 2.30. The molecule has 0 saturated carbocycles. The van der Waals surface area contributed by atoms with Crippen molar-refractivity contribution in [2.24, 2.45) is 0 Å². The van der Waals surface area contributed by atoms with Gasteiger partial charge in [-0.2, -0.15) is 0 Å². The van der Waals surface area contributed by atoms with Gasteiger partial charge in [-0.15, -0.1) is 0 Å². The molecule has 3 nitrogen and oxygen atoms in total. The van der Waals surface area contributed by atoms with Crippen molar-refractivity contribution in [3.8, 4) is 0 Å². The topological polar surface area (TPSA) is 48.8 Å². The van der Waals surface area contributed by atoms with Gasteiger partial charge in [-0.25, -0.2) is 0 Å². The van der Waals surface area contributed by atoms with E-state index >= 15 is 0 Å². The lowest BCUT2D eigenvalue weighted by Crippen LogP contribution is -1.93. The molecule has 0 amide bonds. The van der Waals surface area contributed by atoms with Gasteiger partial charge in [0.25, 0.3) is 0 Å². The molecule has 0 fully saturated rings. The zero-order valence-electron chi connectivity index (χ0n) is 7.00. The number of aryl methyl sites for hydroxylation is 1. The first-order valence-electron chi connectivity index (χ1n) is 3.73. The van der Waals surface area contributed by atoms with E-state index in [4.69, 9.17) is 0 Å². The minimum atomic E-state index is -1.33. The number of hydrogen-bond acceptors (Lipinski definition) is 3. The molecule has 0 spiro atoms. The van der Waals surface area contributed by atoms with Gasteiger partial charge in [0.1, 0.15) is 11.4 Å². The fourth-order valence-electron chi connectivity index (χ4n) is 0.983. The van der Waals surface area contributed by atoms with Gasteiger partial charge in [0.15, 0.2) is 11.1 Å². The quantitative estimate of drug-likeness (QED) is 0.640. The van der Waals surface area contributed by atoms with Crippen LogP contribution in [0.4, 0.5) is 0 Å². The van der Waals surface area contributed by atoms with Crippen molar-refractivity contribution in [3.63, 3.8) is 0 Å². The van der Waals surface area contributed by atoms with Crippen molar-refractivity contribution >= 4 is 11.1 Å². The van der Waals surface area contributed by atoms with E-state index in [1.165, 1.54) is 0 Å². The van der Waals surface area contributed by atoms with Crippen LogP contribution in [-0.4, -0.2) is 13.3 Å². The minimum Gasteiger partial charge on any atom is -0.546 e. The molecule has 1 atom stereocenters. The summed E-state index contributed by atoms with van der Waals surface area (Å²) in [6.45, 7) is 6.07. The van der Waals surface area contributed by atoms with Crippen LogP contribution >= 0.6 is 11.1 Å². The first kappa shape index (κ1) is 8.62. The van der Waals surface area contributed by atoms with Gasteiger partial charge in [0.2, 0.25) is 0 Å². The summed E-state index contributed by atoms with van der Waals surface area (Å²) in [7, 11) is 0. The summed E-state index contributed by atoms with van der Waals surface area (Å²) in [6, 6.07) is 0. The second-order valence-electron chi connectivity index (χ2n) is 2.75. The van der Waals surface area contributed by atoms with Crippen LogP contribution in [0.15, 0.2) is 0 Å². The molecule has 1 unspecified atom stereocenters. The molecule has 11 heavy (non-hydrogen) atoms. The van der Waals surface area contributed by atoms with Gasteiger partial charge in [-0.05, 0) is 15.2 Å². The first-order valence-corrected chi connectivity index (χ1v) is 4.80. The van der Waals surface area contributed by atoms with Gasteiger partial charge in [0, 0.05) is 5.92 Å². The van der Waals surface area contributed by atoms with Crippen LogP contribution in [0.2, 0.25) is 0 Å². The lowest BCUT2D eigenvalue weighted by molar-refractivity contribution is 0.583. The third kappa shape index (κ3) is 1.75. The third-order valence-electron chi connectivity index (χ3n) is 1.54. The Morgan fingerprint density at radius 2 is 2.09 bits per heavy atom. The highest BCUT2D eigenvalue weighted by atomic mass is 32.2. The number of aromatic nitrogens is 2. The molecule has 0 aliphatic heterocycles. The number of rotatable bonds is 2. The summed E-state index contributed by atoms with van der Waals surface area (Å²) < 4.78 is 18.7. The van der Waals surface area contributed by atoms with E-state index in [0.29, 0.717) is 5.92 Å². The summed E-state index contributed by atoms with van der Waals surface area (Å²) in [5, 5.41) is 0.